The highest BCUT2D eigenvalue weighted by Crippen LogP contribution is 2.42. The summed E-state index contributed by atoms with van der Waals surface area (Å²) in [5.41, 5.74) is -1.16. The smallest absolute Gasteiger partial charge is 0.237 e. The van der Waals surface area contributed by atoms with Crippen LogP contribution in [0.3, 0.4) is 0 Å². The molecule has 0 spiro atoms. The molecule has 17 heavy (non-hydrogen) atoms. The van der Waals surface area contributed by atoms with Gasteiger partial charge in [-0.15, -0.1) is 5.10 Å². The standard InChI is InChI=1S/C10H11F3N4/c1-6(7-2-3-7)17-9(10(11,12)13)8(4-5-14)15-16-17/h6-7H,2-4H2,1H3. The second-order valence-electron chi connectivity index (χ2n) is 4.24. The number of hydrogen-bond acceptors (Lipinski definition) is 3. The molecule has 2 rings (SSSR count). The van der Waals surface area contributed by atoms with Crippen LogP contribution in [0, 0.1) is 17.2 Å². The van der Waals surface area contributed by atoms with Gasteiger partial charge in [-0.1, -0.05) is 5.21 Å². The van der Waals surface area contributed by atoms with E-state index in [1.165, 1.54) is 0 Å². The fraction of sp³-hybridized carbons (Fsp3) is 0.700. The van der Waals surface area contributed by atoms with Gasteiger partial charge in [-0.25, -0.2) is 4.68 Å². The SMILES string of the molecule is CC(C1CC1)n1nnc(CC#N)c1C(F)(F)F. The lowest BCUT2D eigenvalue weighted by Crippen LogP contribution is -2.20. The van der Waals surface area contributed by atoms with E-state index in [2.05, 4.69) is 10.3 Å². The second kappa shape index (κ2) is 4.02. The van der Waals surface area contributed by atoms with Gasteiger partial charge < -0.3 is 0 Å². The molecule has 1 heterocycles. The van der Waals surface area contributed by atoms with Crippen LogP contribution in [0.15, 0.2) is 0 Å². The van der Waals surface area contributed by atoms with Gasteiger partial charge >= 0.3 is 6.18 Å². The zero-order valence-corrected chi connectivity index (χ0v) is 9.20. The summed E-state index contributed by atoms with van der Waals surface area (Å²) in [6, 6.07) is 1.36. The Bertz CT molecular complexity index is 453. The molecular weight excluding hydrogens is 233 g/mol. The number of aromatic nitrogens is 3. The number of alkyl halides is 3. The monoisotopic (exact) mass is 244 g/mol. The van der Waals surface area contributed by atoms with E-state index < -0.39 is 11.9 Å². The number of nitrogens with zero attached hydrogens (tertiary/aromatic N) is 4. The van der Waals surface area contributed by atoms with Crippen LogP contribution in [0.2, 0.25) is 0 Å². The van der Waals surface area contributed by atoms with Crippen molar-refractivity contribution in [3.63, 3.8) is 0 Å². The summed E-state index contributed by atoms with van der Waals surface area (Å²) in [4.78, 5) is 0. The minimum absolute atomic E-state index is 0.243. The van der Waals surface area contributed by atoms with E-state index in [9.17, 15) is 13.2 Å². The molecule has 1 aromatic rings. The minimum atomic E-state index is -4.52. The Morgan fingerprint density at radius 1 is 1.53 bits per heavy atom. The second-order valence-corrected chi connectivity index (χ2v) is 4.24. The molecule has 0 aliphatic heterocycles. The lowest BCUT2D eigenvalue weighted by atomic mass is 10.2. The van der Waals surface area contributed by atoms with Crippen molar-refractivity contribution in [2.45, 2.75) is 38.4 Å². The van der Waals surface area contributed by atoms with Gasteiger partial charge in [-0.05, 0) is 25.7 Å². The summed E-state index contributed by atoms with van der Waals surface area (Å²) in [5, 5.41) is 15.5. The van der Waals surface area contributed by atoms with Crippen LogP contribution in [0.5, 0.6) is 0 Å². The average Bonchev–Trinajstić information content (AvgIpc) is 2.97. The summed E-state index contributed by atoms with van der Waals surface area (Å²) in [6.45, 7) is 1.71. The molecule has 0 N–H and O–H groups in total. The fourth-order valence-corrected chi connectivity index (χ4v) is 1.88. The van der Waals surface area contributed by atoms with Crippen molar-refractivity contribution < 1.29 is 13.2 Å². The van der Waals surface area contributed by atoms with Gasteiger partial charge in [-0.2, -0.15) is 18.4 Å². The Hall–Kier alpha value is -1.58. The van der Waals surface area contributed by atoms with E-state index in [1.807, 2.05) is 0 Å². The number of halogens is 3. The number of rotatable bonds is 3. The molecule has 92 valence electrons. The molecular formula is C10H11F3N4. The molecule has 1 aromatic heterocycles. The van der Waals surface area contributed by atoms with E-state index in [-0.39, 0.29) is 24.1 Å². The Labute approximate surface area is 96.0 Å². The summed E-state index contributed by atoms with van der Waals surface area (Å²) in [6.07, 6.45) is -3.04. The van der Waals surface area contributed by atoms with E-state index in [0.29, 0.717) is 0 Å². The Kier molecular flexibility index (Phi) is 2.81. The molecule has 0 aromatic carbocycles. The molecule has 1 aliphatic carbocycles. The molecule has 1 fully saturated rings. The average molecular weight is 244 g/mol. The van der Waals surface area contributed by atoms with Crippen molar-refractivity contribution in [1.29, 1.82) is 5.26 Å². The van der Waals surface area contributed by atoms with Crippen molar-refractivity contribution in [3.05, 3.63) is 11.4 Å². The maximum absolute atomic E-state index is 12.9. The quantitative estimate of drug-likeness (QED) is 0.820. The van der Waals surface area contributed by atoms with E-state index >= 15 is 0 Å². The van der Waals surface area contributed by atoms with Crippen LogP contribution in [0.4, 0.5) is 13.2 Å². The Morgan fingerprint density at radius 3 is 2.65 bits per heavy atom. The van der Waals surface area contributed by atoms with E-state index in [4.69, 9.17) is 5.26 Å². The van der Waals surface area contributed by atoms with Crippen LogP contribution in [-0.2, 0) is 12.6 Å². The highest BCUT2D eigenvalue weighted by atomic mass is 19.4. The van der Waals surface area contributed by atoms with Crippen molar-refractivity contribution >= 4 is 0 Å². The molecule has 1 saturated carbocycles. The fourth-order valence-electron chi connectivity index (χ4n) is 1.88. The topological polar surface area (TPSA) is 54.5 Å². The normalized spacial score (nSPS) is 17.8. The minimum Gasteiger partial charge on any atom is -0.237 e. The van der Waals surface area contributed by atoms with Crippen LogP contribution in [-0.4, -0.2) is 15.0 Å². The van der Waals surface area contributed by atoms with Crippen LogP contribution < -0.4 is 0 Å². The first kappa shape index (κ1) is 11.9. The van der Waals surface area contributed by atoms with Gasteiger partial charge in [0.1, 0.15) is 5.69 Å². The molecule has 1 atom stereocenters. The Balaban J connectivity index is 2.41. The summed E-state index contributed by atoms with van der Waals surface area (Å²) < 4.78 is 39.6. The van der Waals surface area contributed by atoms with Gasteiger partial charge in [0.2, 0.25) is 0 Å². The molecule has 0 saturated heterocycles. The summed E-state index contributed by atoms with van der Waals surface area (Å²) >= 11 is 0. The predicted octanol–water partition coefficient (Wildman–Crippen LogP) is 2.33. The van der Waals surface area contributed by atoms with Gasteiger partial charge in [0.25, 0.3) is 0 Å². The van der Waals surface area contributed by atoms with Crippen molar-refractivity contribution in [1.82, 2.24) is 15.0 Å². The van der Waals surface area contributed by atoms with Crippen molar-refractivity contribution in [2.75, 3.05) is 0 Å². The molecule has 0 radical (unpaired) electrons. The number of hydrogen-bond donors (Lipinski definition) is 0. The van der Waals surface area contributed by atoms with Crippen LogP contribution in [0.1, 0.15) is 37.2 Å². The van der Waals surface area contributed by atoms with E-state index in [1.54, 1.807) is 13.0 Å². The van der Waals surface area contributed by atoms with Gasteiger partial charge in [0.15, 0.2) is 5.69 Å². The van der Waals surface area contributed by atoms with Crippen LogP contribution in [0.25, 0.3) is 0 Å². The predicted molar refractivity (Wildman–Crippen MR) is 51.8 cm³/mol. The maximum atomic E-state index is 12.9. The first-order chi connectivity index (χ1) is 7.95. The highest BCUT2D eigenvalue weighted by Gasteiger charge is 2.42. The largest absolute Gasteiger partial charge is 0.434 e. The third kappa shape index (κ3) is 2.25. The van der Waals surface area contributed by atoms with Gasteiger partial charge in [0, 0.05) is 0 Å². The van der Waals surface area contributed by atoms with Crippen molar-refractivity contribution in [3.8, 4) is 6.07 Å². The third-order valence-corrected chi connectivity index (χ3v) is 2.97. The molecule has 7 heteroatoms. The lowest BCUT2D eigenvalue weighted by Gasteiger charge is -2.15. The van der Waals surface area contributed by atoms with Crippen molar-refractivity contribution in [2.24, 2.45) is 5.92 Å². The highest BCUT2D eigenvalue weighted by molar-refractivity contribution is 5.18. The van der Waals surface area contributed by atoms with Crippen LogP contribution >= 0.6 is 0 Å². The zero-order chi connectivity index (χ0) is 12.6. The number of nitriles is 1. The summed E-state index contributed by atoms with van der Waals surface area (Å²) in [5.74, 6) is 0.243. The molecule has 1 unspecified atom stereocenters. The zero-order valence-electron chi connectivity index (χ0n) is 9.20. The molecule has 1 aliphatic rings. The molecule has 4 nitrogen and oxygen atoms in total. The van der Waals surface area contributed by atoms with Gasteiger partial charge in [-0.3, -0.25) is 0 Å². The lowest BCUT2D eigenvalue weighted by molar-refractivity contribution is -0.145. The Morgan fingerprint density at radius 2 is 2.18 bits per heavy atom. The first-order valence-corrected chi connectivity index (χ1v) is 5.33. The maximum Gasteiger partial charge on any atom is 0.434 e. The third-order valence-electron chi connectivity index (χ3n) is 2.97. The van der Waals surface area contributed by atoms with Gasteiger partial charge in [0.05, 0.1) is 18.5 Å². The van der Waals surface area contributed by atoms with E-state index in [0.717, 1.165) is 17.5 Å². The first-order valence-electron chi connectivity index (χ1n) is 5.33. The molecule has 0 bridgehead atoms. The molecule has 0 amide bonds. The summed E-state index contributed by atoms with van der Waals surface area (Å²) in [7, 11) is 0.